The van der Waals surface area contributed by atoms with Crippen molar-refractivity contribution in [1.82, 2.24) is 9.88 Å². The number of thiazole rings is 1. The highest BCUT2D eigenvalue weighted by molar-refractivity contribution is 7.22. The zero-order valence-electron chi connectivity index (χ0n) is 11.4. The topological polar surface area (TPSA) is 28.2 Å². The summed E-state index contributed by atoms with van der Waals surface area (Å²) < 4.78 is 1.27. The molecule has 0 unspecified atom stereocenters. The van der Waals surface area contributed by atoms with Crippen LogP contribution >= 0.6 is 11.3 Å². The van der Waals surface area contributed by atoms with Gasteiger partial charge in [-0.25, -0.2) is 4.98 Å². The van der Waals surface area contributed by atoms with Crippen LogP contribution < -0.4 is 5.32 Å². The normalized spacial score (nSPS) is 17.9. The molecule has 0 radical (unpaired) electrons. The van der Waals surface area contributed by atoms with E-state index in [-0.39, 0.29) is 0 Å². The van der Waals surface area contributed by atoms with E-state index in [1.807, 2.05) is 6.07 Å². The van der Waals surface area contributed by atoms with E-state index in [1.54, 1.807) is 11.3 Å². The number of likely N-dealkylation sites (tertiary alicyclic amines) is 1. The highest BCUT2D eigenvalue weighted by atomic mass is 32.1. The van der Waals surface area contributed by atoms with E-state index in [2.05, 4.69) is 40.3 Å². The highest BCUT2D eigenvalue weighted by Crippen LogP contribution is 2.26. The van der Waals surface area contributed by atoms with Crippen molar-refractivity contribution in [2.75, 3.05) is 31.5 Å². The Kier molecular flexibility index (Phi) is 3.99. The van der Waals surface area contributed by atoms with E-state index in [0.717, 1.165) is 23.1 Å². The molecule has 19 heavy (non-hydrogen) atoms. The molecule has 1 saturated heterocycles. The molecule has 0 aliphatic carbocycles. The summed E-state index contributed by atoms with van der Waals surface area (Å²) in [5.74, 6) is 0.801. The molecule has 3 nitrogen and oxygen atoms in total. The molecule has 0 bridgehead atoms. The summed E-state index contributed by atoms with van der Waals surface area (Å²) in [6.45, 7) is 7.01. The van der Waals surface area contributed by atoms with Crippen molar-refractivity contribution in [2.45, 2.75) is 19.8 Å². The van der Waals surface area contributed by atoms with E-state index in [0.29, 0.717) is 0 Å². The Labute approximate surface area is 118 Å². The molecule has 1 aliphatic rings. The smallest absolute Gasteiger partial charge is 0.183 e. The Morgan fingerprint density at radius 1 is 1.32 bits per heavy atom. The molecule has 0 atom stereocenters. The fraction of sp³-hybridized carbons (Fsp3) is 0.533. The van der Waals surface area contributed by atoms with Gasteiger partial charge in [-0.2, -0.15) is 0 Å². The van der Waals surface area contributed by atoms with Crippen LogP contribution in [-0.4, -0.2) is 36.1 Å². The van der Waals surface area contributed by atoms with Gasteiger partial charge in [0.05, 0.1) is 10.2 Å². The van der Waals surface area contributed by atoms with Gasteiger partial charge in [0.15, 0.2) is 5.13 Å². The Balaban J connectivity index is 1.55. The standard InChI is InChI=1S/C15H21N3S/c1-2-18-9-7-12(8-10-18)11-16-15-17-13-5-3-4-6-14(13)19-15/h3-6,12H,2,7-11H2,1H3,(H,16,17). The maximum atomic E-state index is 4.63. The van der Waals surface area contributed by atoms with Crippen LogP contribution in [0.25, 0.3) is 10.2 Å². The summed E-state index contributed by atoms with van der Waals surface area (Å²) in [5, 5.41) is 4.59. The summed E-state index contributed by atoms with van der Waals surface area (Å²) in [6, 6.07) is 8.34. The third kappa shape index (κ3) is 3.07. The maximum absolute atomic E-state index is 4.63. The number of nitrogens with one attached hydrogen (secondary N) is 1. The molecule has 0 amide bonds. The second-order valence-corrected chi connectivity index (χ2v) is 6.28. The molecule has 102 valence electrons. The van der Waals surface area contributed by atoms with Crippen molar-refractivity contribution in [1.29, 1.82) is 0 Å². The van der Waals surface area contributed by atoms with Crippen molar-refractivity contribution in [3.8, 4) is 0 Å². The minimum Gasteiger partial charge on any atom is -0.361 e. The number of rotatable bonds is 4. The molecule has 2 heterocycles. The summed E-state index contributed by atoms with van der Waals surface area (Å²) >= 11 is 1.76. The van der Waals surface area contributed by atoms with E-state index < -0.39 is 0 Å². The molecule has 1 N–H and O–H groups in total. The van der Waals surface area contributed by atoms with Crippen LogP contribution in [0.5, 0.6) is 0 Å². The summed E-state index contributed by atoms with van der Waals surface area (Å²) in [7, 11) is 0. The Morgan fingerprint density at radius 3 is 2.84 bits per heavy atom. The van der Waals surface area contributed by atoms with Crippen LogP contribution in [0.3, 0.4) is 0 Å². The van der Waals surface area contributed by atoms with Crippen LogP contribution in [0.4, 0.5) is 5.13 Å². The summed E-state index contributed by atoms with van der Waals surface area (Å²) in [6.07, 6.45) is 2.62. The first kappa shape index (κ1) is 12.9. The number of nitrogens with zero attached hydrogens (tertiary/aromatic N) is 2. The average Bonchev–Trinajstić information content (AvgIpc) is 2.88. The minimum absolute atomic E-state index is 0.801. The predicted octanol–water partition coefficient (Wildman–Crippen LogP) is 3.44. The molecule has 2 aromatic rings. The molecule has 3 rings (SSSR count). The Hall–Kier alpha value is -1.13. The minimum atomic E-state index is 0.801. The van der Waals surface area contributed by atoms with Gasteiger partial charge < -0.3 is 10.2 Å². The number of para-hydroxylation sites is 1. The fourth-order valence-electron chi connectivity index (χ4n) is 2.69. The van der Waals surface area contributed by atoms with Crippen LogP contribution in [0.15, 0.2) is 24.3 Å². The highest BCUT2D eigenvalue weighted by Gasteiger charge is 2.18. The van der Waals surface area contributed by atoms with Crippen LogP contribution in [0.2, 0.25) is 0 Å². The van der Waals surface area contributed by atoms with Gasteiger partial charge in [0.1, 0.15) is 0 Å². The summed E-state index contributed by atoms with van der Waals surface area (Å²) in [5.41, 5.74) is 1.11. The lowest BCUT2D eigenvalue weighted by atomic mass is 9.97. The van der Waals surface area contributed by atoms with Crippen molar-refractivity contribution in [3.63, 3.8) is 0 Å². The third-order valence-electron chi connectivity index (χ3n) is 3.99. The molecule has 1 aromatic carbocycles. The van der Waals surface area contributed by atoms with Crippen molar-refractivity contribution in [3.05, 3.63) is 24.3 Å². The molecular formula is C15H21N3S. The van der Waals surface area contributed by atoms with Crippen LogP contribution in [0.1, 0.15) is 19.8 Å². The molecular weight excluding hydrogens is 254 g/mol. The third-order valence-corrected chi connectivity index (χ3v) is 4.98. The van der Waals surface area contributed by atoms with Crippen molar-refractivity contribution >= 4 is 26.7 Å². The van der Waals surface area contributed by atoms with E-state index in [9.17, 15) is 0 Å². The van der Waals surface area contributed by atoms with Gasteiger partial charge in [0.25, 0.3) is 0 Å². The van der Waals surface area contributed by atoms with E-state index in [1.165, 1.54) is 37.2 Å². The number of hydrogen-bond donors (Lipinski definition) is 1. The Morgan fingerprint density at radius 2 is 2.11 bits per heavy atom. The molecule has 1 aromatic heterocycles. The second-order valence-electron chi connectivity index (χ2n) is 5.25. The number of fused-ring (bicyclic) bond motifs is 1. The first-order chi connectivity index (χ1) is 9.35. The van der Waals surface area contributed by atoms with E-state index in [4.69, 9.17) is 0 Å². The molecule has 0 spiro atoms. The number of piperidine rings is 1. The average molecular weight is 275 g/mol. The van der Waals surface area contributed by atoms with Gasteiger partial charge in [-0.05, 0) is 50.5 Å². The van der Waals surface area contributed by atoms with Crippen molar-refractivity contribution in [2.24, 2.45) is 5.92 Å². The number of hydrogen-bond acceptors (Lipinski definition) is 4. The number of aromatic nitrogens is 1. The lowest BCUT2D eigenvalue weighted by molar-refractivity contribution is 0.198. The molecule has 0 saturated carbocycles. The fourth-order valence-corrected chi connectivity index (χ4v) is 3.56. The molecule has 1 fully saturated rings. The van der Waals surface area contributed by atoms with Gasteiger partial charge in [-0.1, -0.05) is 30.4 Å². The maximum Gasteiger partial charge on any atom is 0.183 e. The first-order valence-electron chi connectivity index (χ1n) is 7.17. The molecule has 4 heteroatoms. The van der Waals surface area contributed by atoms with Gasteiger partial charge in [-0.3, -0.25) is 0 Å². The number of anilines is 1. The monoisotopic (exact) mass is 275 g/mol. The van der Waals surface area contributed by atoms with Gasteiger partial charge in [0.2, 0.25) is 0 Å². The zero-order chi connectivity index (χ0) is 13.1. The largest absolute Gasteiger partial charge is 0.361 e. The van der Waals surface area contributed by atoms with Gasteiger partial charge in [0, 0.05) is 6.54 Å². The molecule has 1 aliphatic heterocycles. The van der Waals surface area contributed by atoms with Crippen LogP contribution in [-0.2, 0) is 0 Å². The zero-order valence-corrected chi connectivity index (χ0v) is 12.2. The first-order valence-corrected chi connectivity index (χ1v) is 7.98. The Bertz CT molecular complexity index is 496. The lowest BCUT2D eigenvalue weighted by Crippen LogP contribution is -2.35. The quantitative estimate of drug-likeness (QED) is 0.926. The lowest BCUT2D eigenvalue weighted by Gasteiger charge is -2.30. The van der Waals surface area contributed by atoms with Gasteiger partial charge in [-0.15, -0.1) is 0 Å². The second kappa shape index (κ2) is 5.88. The predicted molar refractivity (Wildman–Crippen MR) is 82.9 cm³/mol. The van der Waals surface area contributed by atoms with Gasteiger partial charge >= 0.3 is 0 Å². The van der Waals surface area contributed by atoms with Crippen LogP contribution in [0, 0.1) is 5.92 Å². The SMILES string of the molecule is CCN1CCC(CNc2nc3ccccc3s2)CC1. The van der Waals surface area contributed by atoms with E-state index >= 15 is 0 Å². The van der Waals surface area contributed by atoms with Crippen molar-refractivity contribution < 1.29 is 0 Å². The summed E-state index contributed by atoms with van der Waals surface area (Å²) in [4.78, 5) is 7.16. The number of benzene rings is 1.